The number of thioether (sulfide) groups is 1. The highest BCUT2D eigenvalue weighted by molar-refractivity contribution is 8.01. The van der Waals surface area contributed by atoms with Crippen molar-refractivity contribution in [1.82, 2.24) is 4.98 Å². The van der Waals surface area contributed by atoms with Crippen LogP contribution in [0.1, 0.15) is 6.42 Å². The van der Waals surface area contributed by atoms with Crippen LogP contribution in [-0.4, -0.2) is 28.5 Å². The molecule has 33 heavy (non-hydrogen) atoms. The minimum atomic E-state index is -0.213. The van der Waals surface area contributed by atoms with Crippen molar-refractivity contribution in [2.45, 2.75) is 10.8 Å². The van der Waals surface area contributed by atoms with Crippen molar-refractivity contribution in [2.24, 2.45) is 23.7 Å². The lowest BCUT2D eigenvalue weighted by Crippen LogP contribution is -2.32. The maximum atomic E-state index is 13.1. The lowest BCUT2D eigenvalue weighted by molar-refractivity contribution is -0.123. The van der Waals surface area contributed by atoms with Gasteiger partial charge in [-0.3, -0.25) is 14.4 Å². The van der Waals surface area contributed by atoms with Crippen LogP contribution in [0.15, 0.2) is 59.0 Å². The van der Waals surface area contributed by atoms with Gasteiger partial charge in [0.05, 0.1) is 33.5 Å². The lowest BCUT2D eigenvalue weighted by Gasteiger charge is -2.17. The molecule has 2 heterocycles. The third-order valence-corrected chi connectivity index (χ3v) is 8.95. The minimum Gasteiger partial charge on any atom is -0.325 e. The van der Waals surface area contributed by atoms with E-state index in [1.807, 2.05) is 12.1 Å². The summed E-state index contributed by atoms with van der Waals surface area (Å²) in [4.78, 5) is 44.4. The lowest BCUT2D eigenvalue weighted by atomic mass is 9.85. The summed E-state index contributed by atoms with van der Waals surface area (Å²) in [6.45, 7) is 0. The number of carbonyl (C=O) groups excluding carboxylic acids is 3. The van der Waals surface area contributed by atoms with Crippen LogP contribution in [0.3, 0.4) is 0 Å². The average molecular weight is 496 g/mol. The normalized spacial score (nSPS) is 25.3. The van der Waals surface area contributed by atoms with Gasteiger partial charge < -0.3 is 5.32 Å². The van der Waals surface area contributed by atoms with E-state index in [0.29, 0.717) is 16.4 Å². The maximum absolute atomic E-state index is 13.1. The highest BCUT2D eigenvalue weighted by Crippen LogP contribution is 2.53. The van der Waals surface area contributed by atoms with Crippen molar-refractivity contribution in [1.29, 1.82) is 0 Å². The van der Waals surface area contributed by atoms with Gasteiger partial charge in [0.25, 0.3) is 0 Å². The molecule has 1 N–H and O–H groups in total. The number of hydrogen-bond donors (Lipinski definition) is 1. The molecule has 1 saturated carbocycles. The number of aromatic nitrogens is 1. The minimum absolute atomic E-state index is 0.0841. The predicted octanol–water partition coefficient (Wildman–Crippen LogP) is 4.99. The van der Waals surface area contributed by atoms with E-state index in [9.17, 15) is 14.4 Å². The summed E-state index contributed by atoms with van der Waals surface area (Å²) in [7, 11) is 0. The molecule has 1 saturated heterocycles. The summed E-state index contributed by atoms with van der Waals surface area (Å²) in [5.74, 6) is -0.128. The van der Waals surface area contributed by atoms with Crippen LogP contribution in [0.4, 0.5) is 11.4 Å². The van der Waals surface area contributed by atoms with E-state index >= 15 is 0 Å². The summed E-state index contributed by atoms with van der Waals surface area (Å²) in [6, 6.07) is 12.4. The smallest absolute Gasteiger partial charge is 0.238 e. The van der Waals surface area contributed by atoms with Gasteiger partial charge in [0, 0.05) is 10.7 Å². The number of fused-ring (bicyclic) bond motifs is 6. The van der Waals surface area contributed by atoms with E-state index in [-0.39, 0.29) is 47.1 Å². The summed E-state index contributed by atoms with van der Waals surface area (Å²) in [6.07, 6.45) is 5.11. The first-order valence-corrected chi connectivity index (χ1v) is 12.8. The van der Waals surface area contributed by atoms with Crippen LogP contribution in [-0.2, 0) is 14.4 Å². The second-order valence-corrected chi connectivity index (χ2v) is 11.2. The standard InChI is InChI=1S/C24H18ClN3O3S2/c25-14-3-5-15(6-4-14)26-19(29)11-32-24-27-17-8-7-16(10-18(17)33-24)28-22(30)20-12-1-2-13(9-12)21(20)23(28)31/h1-8,10,12-13,20-21H,9,11H2,(H,26,29)/t12-,13-,20-,21+/m0/s1. The number of amides is 3. The Bertz CT molecular complexity index is 1310. The average Bonchev–Trinajstić information content (AvgIpc) is 3.56. The van der Waals surface area contributed by atoms with Crippen molar-refractivity contribution in [2.75, 3.05) is 16.0 Å². The molecule has 0 unspecified atom stereocenters. The number of anilines is 2. The molecule has 2 aliphatic carbocycles. The highest BCUT2D eigenvalue weighted by Gasteiger charge is 2.59. The summed E-state index contributed by atoms with van der Waals surface area (Å²) >= 11 is 8.67. The van der Waals surface area contributed by atoms with Crippen molar-refractivity contribution < 1.29 is 14.4 Å². The Morgan fingerprint density at radius 2 is 1.79 bits per heavy atom. The van der Waals surface area contributed by atoms with Crippen molar-refractivity contribution in [3.05, 3.63) is 59.6 Å². The predicted molar refractivity (Wildman–Crippen MR) is 131 cm³/mol. The fourth-order valence-electron chi connectivity index (χ4n) is 5.11. The molecule has 3 amide bonds. The van der Waals surface area contributed by atoms with Crippen LogP contribution < -0.4 is 10.2 Å². The number of benzene rings is 2. The van der Waals surface area contributed by atoms with E-state index in [1.54, 1.807) is 30.3 Å². The molecule has 2 bridgehead atoms. The molecule has 3 aromatic rings. The van der Waals surface area contributed by atoms with Crippen LogP contribution >= 0.6 is 34.7 Å². The van der Waals surface area contributed by atoms with Crippen molar-refractivity contribution in [3.63, 3.8) is 0 Å². The molecule has 2 fully saturated rings. The van der Waals surface area contributed by atoms with Crippen molar-refractivity contribution in [3.8, 4) is 0 Å². The fraction of sp³-hybridized carbons (Fsp3) is 0.250. The zero-order valence-corrected chi connectivity index (χ0v) is 19.6. The quantitative estimate of drug-likeness (QED) is 0.306. The number of imide groups is 1. The number of carbonyl (C=O) groups is 3. The monoisotopic (exact) mass is 495 g/mol. The Morgan fingerprint density at radius 3 is 2.48 bits per heavy atom. The van der Waals surface area contributed by atoms with Crippen LogP contribution in [0.25, 0.3) is 10.2 Å². The van der Waals surface area contributed by atoms with Gasteiger partial charge in [-0.15, -0.1) is 11.3 Å². The largest absolute Gasteiger partial charge is 0.325 e. The number of rotatable bonds is 5. The number of hydrogen-bond acceptors (Lipinski definition) is 6. The second-order valence-electron chi connectivity index (χ2n) is 8.49. The van der Waals surface area contributed by atoms with Gasteiger partial charge in [0.1, 0.15) is 0 Å². The summed E-state index contributed by atoms with van der Waals surface area (Å²) in [5, 5.41) is 3.44. The van der Waals surface area contributed by atoms with E-state index < -0.39 is 0 Å². The van der Waals surface area contributed by atoms with Gasteiger partial charge in [-0.25, -0.2) is 9.88 Å². The Kier molecular flexibility index (Phi) is 5.05. The third kappa shape index (κ3) is 3.57. The number of halogens is 1. The SMILES string of the molecule is O=C(CSc1nc2ccc(N3C(=O)[C@@H]4[C@H](C3=O)[C@H]3C=C[C@H]4C3)cc2s1)Nc1ccc(Cl)cc1. The third-order valence-electron chi connectivity index (χ3n) is 6.54. The Morgan fingerprint density at radius 1 is 1.09 bits per heavy atom. The summed E-state index contributed by atoms with van der Waals surface area (Å²) in [5.41, 5.74) is 2.07. The number of nitrogens with zero attached hydrogens (tertiary/aromatic N) is 2. The molecule has 4 atom stereocenters. The molecule has 1 aromatic heterocycles. The van der Waals surface area contributed by atoms with Gasteiger partial charge in [-0.1, -0.05) is 35.5 Å². The Hall–Kier alpha value is -2.68. The molecule has 6 rings (SSSR count). The van der Waals surface area contributed by atoms with E-state index in [4.69, 9.17) is 11.6 Å². The molecule has 6 nitrogen and oxygen atoms in total. The van der Waals surface area contributed by atoms with E-state index in [1.165, 1.54) is 28.0 Å². The zero-order chi connectivity index (χ0) is 22.7. The molecule has 9 heteroatoms. The molecule has 1 aliphatic heterocycles. The number of allylic oxidation sites excluding steroid dienone is 2. The van der Waals surface area contributed by atoms with Gasteiger partial charge in [-0.2, -0.15) is 0 Å². The van der Waals surface area contributed by atoms with E-state index in [2.05, 4.69) is 22.5 Å². The van der Waals surface area contributed by atoms with Gasteiger partial charge >= 0.3 is 0 Å². The van der Waals surface area contributed by atoms with E-state index in [0.717, 1.165) is 21.0 Å². The molecule has 3 aliphatic rings. The molecular formula is C24H18ClN3O3S2. The Balaban J connectivity index is 1.16. The first-order chi connectivity index (χ1) is 16.0. The van der Waals surface area contributed by atoms with Gasteiger partial charge in [0.2, 0.25) is 17.7 Å². The summed E-state index contributed by atoms with van der Waals surface area (Å²) < 4.78 is 1.64. The molecule has 2 aromatic carbocycles. The molecule has 0 spiro atoms. The van der Waals surface area contributed by atoms with Gasteiger partial charge in [0.15, 0.2) is 4.34 Å². The van der Waals surface area contributed by atoms with Crippen LogP contribution in [0, 0.1) is 23.7 Å². The van der Waals surface area contributed by atoms with Gasteiger partial charge in [-0.05, 0) is 60.7 Å². The molecule has 0 radical (unpaired) electrons. The van der Waals surface area contributed by atoms with Crippen LogP contribution in [0.2, 0.25) is 5.02 Å². The number of thiazole rings is 1. The highest BCUT2D eigenvalue weighted by atomic mass is 35.5. The number of nitrogens with one attached hydrogen (secondary N) is 1. The molecular weight excluding hydrogens is 478 g/mol. The second kappa shape index (κ2) is 7.97. The first kappa shape index (κ1) is 20.9. The molecule has 166 valence electrons. The first-order valence-electron chi connectivity index (χ1n) is 10.6. The maximum Gasteiger partial charge on any atom is 0.238 e. The Labute approximate surface area is 203 Å². The van der Waals surface area contributed by atoms with Crippen molar-refractivity contribution >= 4 is 74.0 Å². The fourth-order valence-corrected chi connectivity index (χ4v) is 7.13. The zero-order valence-electron chi connectivity index (χ0n) is 17.2. The topological polar surface area (TPSA) is 79.4 Å². The van der Waals surface area contributed by atoms with Crippen LogP contribution in [0.5, 0.6) is 0 Å².